The van der Waals surface area contributed by atoms with Crippen LogP contribution in [0.3, 0.4) is 0 Å². The molecule has 0 aromatic heterocycles. The second-order valence-corrected chi connectivity index (χ2v) is 4.75. The van der Waals surface area contributed by atoms with Crippen LogP contribution in [0.2, 0.25) is 0 Å². The number of hydrogen-bond donors (Lipinski definition) is 2. The van der Waals surface area contributed by atoms with Gasteiger partial charge in [-0.05, 0) is 12.5 Å². The number of hydrogen-bond acceptors (Lipinski definition) is 2. The minimum atomic E-state index is -1.51. The molecule has 2 N–H and O–H groups in total. The number of anilines is 1. The van der Waals surface area contributed by atoms with Crippen LogP contribution in [-0.2, 0) is 5.60 Å². The zero-order chi connectivity index (χ0) is 14.8. The Morgan fingerprint density at radius 3 is 2.15 bits per heavy atom. The summed E-state index contributed by atoms with van der Waals surface area (Å²) < 4.78 is 39.0. The Bertz CT molecular complexity index is 576. The molecule has 0 radical (unpaired) electrons. The lowest BCUT2D eigenvalue weighted by Crippen LogP contribution is -2.30. The summed E-state index contributed by atoms with van der Waals surface area (Å²) in [5.74, 6) is -4.05. The van der Waals surface area contributed by atoms with Gasteiger partial charge in [-0.1, -0.05) is 30.3 Å². The standard InChI is InChI=1S/C15H14F3NO/c1-15(20,10-5-3-2-4-6-10)9-19-11-7-12(16)14(18)13(17)8-11/h2-8,19-20H,9H2,1H3. The smallest absolute Gasteiger partial charge is 0.194 e. The highest BCUT2D eigenvalue weighted by atomic mass is 19.2. The third kappa shape index (κ3) is 3.11. The minimum Gasteiger partial charge on any atom is -0.384 e. The SMILES string of the molecule is CC(O)(CNc1cc(F)c(F)c(F)c1)c1ccccc1. The van der Waals surface area contributed by atoms with Crippen LogP contribution in [-0.4, -0.2) is 11.7 Å². The third-order valence-corrected chi connectivity index (χ3v) is 3.02. The number of nitrogens with one attached hydrogen (secondary N) is 1. The van der Waals surface area contributed by atoms with Gasteiger partial charge < -0.3 is 10.4 Å². The van der Waals surface area contributed by atoms with Gasteiger partial charge in [-0.25, -0.2) is 13.2 Å². The molecular formula is C15H14F3NO. The van der Waals surface area contributed by atoms with E-state index in [1.54, 1.807) is 31.2 Å². The Labute approximate surface area is 114 Å². The van der Waals surface area contributed by atoms with Crippen molar-refractivity contribution in [3.63, 3.8) is 0 Å². The van der Waals surface area contributed by atoms with Crippen molar-refractivity contribution in [2.24, 2.45) is 0 Å². The molecule has 0 bridgehead atoms. The van der Waals surface area contributed by atoms with Gasteiger partial charge in [0.05, 0.1) is 0 Å². The Hall–Kier alpha value is -2.01. The molecule has 2 aromatic rings. The summed E-state index contributed by atoms with van der Waals surface area (Å²) in [5.41, 5.74) is -0.490. The number of aliphatic hydroxyl groups is 1. The Morgan fingerprint density at radius 2 is 1.60 bits per heavy atom. The first-order valence-corrected chi connectivity index (χ1v) is 6.06. The molecule has 0 saturated carbocycles. The molecule has 0 spiro atoms. The normalized spacial score (nSPS) is 13.8. The number of halogens is 3. The molecule has 2 nitrogen and oxygen atoms in total. The molecule has 1 unspecified atom stereocenters. The van der Waals surface area contributed by atoms with E-state index < -0.39 is 23.1 Å². The summed E-state index contributed by atoms with van der Waals surface area (Å²) in [5, 5.41) is 13.0. The van der Waals surface area contributed by atoms with E-state index in [1.807, 2.05) is 6.07 Å². The second-order valence-electron chi connectivity index (χ2n) is 4.75. The van der Waals surface area contributed by atoms with Crippen molar-refractivity contribution in [2.45, 2.75) is 12.5 Å². The summed E-state index contributed by atoms with van der Waals surface area (Å²) in [6, 6.07) is 10.6. The summed E-state index contributed by atoms with van der Waals surface area (Å²) >= 11 is 0. The van der Waals surface area contributed by atoms with Crippen molar-refractivity contribution >= 4 is 5.69 Å². The van der Waals surface area contributed by atoms with E-state index in [1.165, 1.54) is 0 Å². The molecule has 2 rings (SSSR count). The lowest BCUT2D eigenvalue weighted by molar-refractivity contribution is 0.0715. The van der Waals surface area contributed by atoms with E-state index in [4.69, 9.17) is 0 Å². The maximum Gasteiger partial charge on any atom is 0.194 e. The molecule has 20 heavy (non-hydrogen) atoms. The summed E-state index contributed by atoms with van der Waals surface area (Å²) in [6.07, 6.45) is 0. The van der Waals surface area contributed by atoms with Crippen molar-refractivity contribution in [1.29, 1.82) is 0 Å². The van der Waals surface area contributed by atoms with Crippen molar-refractivity contribution in [3.05, 3.63) is 65.5 Å². The maximum absolute atomic E-state index is 13.1. The molecule has 0 heterocycles. The first kappa shape index (κ1) is 14.4. The molecule has 0 saturated heterocycles. The van der Waals surface area contributed by atoms with Gasteiger partial charge in [0.15, 0.2) is 17.5 Å². The second kappa shape index (κ2) is 5.54. The van der Waals surface area contributed by atoms with Gasteiger partial charge >= 0.3 is 0 Å². The molecule has 0 aliphatic carbocycles. The lowest BCUT2D eigenvalue weighted by Gasteiger charge is -2.24. The highest BCUT2D eigenvalue weighted by Gasteiger charge is 2.22. The Kier molecular flexibility index (Phi) is 3.99. The molecule has 2 aromatic carbocycles. The fourth-order valence-corrected chi connectivity index (χ4v) is 1.83. The molecule has 1 atom stereocenters. The Morgan fingerprint density at radius 1 is 1.05 bits per heavy atom. The molecule has 0 fully saturated rings. The van der Waals surface area contributed by atoms with Gasteiger partial charge in [-0.15, -0.1) is 0 Å². The molecule has 0 aliphatic rings. The predicted molar refractivity (Wildman–Crippen MR) is 70.8 cm³/mol. The van der Waals surface area contributed by atoms with Gasteiger partial charge in [-0.2, -0.15) is 0 Å². The zero-order valence-corrected chi connectivity index (χ0v) is 10.8. The van der Waals surface area contributed by atoms with Crippen LogP contribution in [0.25, 0.3) is 0 Å². The van der Waals surface area contributed by atoms with E-state index in [9.17, 15) is 18.3 Å². The largest absolute Gasteiger partial charge is 0.384 e. The van der Waals surface area contributed by atoms with Gasteiger partial charge in [0.2, 0.25) is 0 Å². The van der Waals surface area contributed by atoms with E-state index >= 15 is 0 Å². The molecular weight excluding hydrogens is 267 g/mol. The predicted octanol–water partition coefficient (Wildman–Crippen LogP) is 3.42. The molecule has 0 aliphatic heterocycles. The fourth-order valence-electron chi connectivity index (χ4n) is 1.83. The van der Waals surface area contributed by atoms with E-state index in [0.29, 0.717) is 5.56 Å². The summed E-state index contributed by atoms with van der Waals surface area (Å²) in [6.45, 7) is 1.60. The first-order chi connectivity index (χ1) is 9.40. The first-order valence-electron chi connectivity index (χ1n) is 6.06. The quantitative estimate of drug-likeness (QED) is 0.842. The van der Waals surface area contributed by atoms with Crippen LogP contribution in [0.1, 0.15) is 12.5 Å². The third-order valence-electron chi connectivity index (χ3n) is 3.02. The van der Waals surface area contributed by atoms with Crippen molar-refractivity contribution in [2.75, 3.05) is 11.9 Å². The van der Waals surface area contributed by atoms with Crippen LogP contribution < -0.4 is 5.32 Å². The Balaban J connectivity index is 2.12. The number of benzene rings is 2. The number of rotatable bonds is 4. The molecule has 0 amide bonds. The van der Waals surface area contributed by atoms with Gasteiger partial charge in [-0.3, -0.25) is 0 Å². The summed E-state index contributed by atoms with van der Waals surface area (Å²) in [7, 11) is 0. The average Bonchev–Trinajstić information content (AvgIpc) is 2.43. The van der Waals surface area contributed by atoms with Gasteiger partial charge in [0.25, 0.3) is 0 Å². The van der Waals surface area contributed by atoms with Crippen LogP contribution >= 0.6 is 0 Å². The summed E-state index contributed by atoms with van der Waals surface area (Å²) in [4.78, 5) is 0. The zero-order valence-electron chi connectivity index (χ0n) is 10.8. The van der Waals surface area contributed by atoms with Crippen LogP contribution in [0.4, 0.5) is 18.9 Å². The maximum atomic E-state index is 13.1. The molecule has 5 heteroatoms. The van der Waals surface area contributed by atoms with E-state index in [-0.39, 0.29) is 12.2 Å². The monoisotopic (exact) mass is 281 g/mol. The average molecular weight is 281 g/mol. The van der Waals surface area contributed by atoms with Crippen LogP contribution in [0.15, 0.2) is 42.5 Å². The topological polar surface area (TPSA) is 32.3 Å². The van der Waals surface area contributed by atoms with E-state index in [0.717, 1.165) is 12.1 Å². The van der Waals surface area contributed by atoms with Crippen molar-refractivity contribution < 1.29 is 18.3 Å². The molecule has 106 valence electrons. The minimum absolute atomic E-state index is 0.0293. The van der Waals surface area contributed by atoms with Crippen LogP contribution in [0, 0.1) is 17.5 Å². The van der Waals surface area contributed by atoms with E-state index in [2.05, 4.69) is 5.32 Å². The van der Waals surface area contributed by atoms with Crippen molar-refractivity contribution in [1.82, 2.24) is 0 Å². The van der Waals surface area contributed by atoms with Gasteiger partial charge in [0.1, 0.15) is 5.60 Å². The van der Waals surface area contributed by atoms with Crippen molar-refractivity contribution in [3.8, 4) is 0 Å². The highest BCUT2D eigenvalue weighted by molar-refractivity contribution is 5.45. The highest BCUT2D eigenvalue weighted by Crippen LogP contribution is 2.22. The van der Waals surface area contributed by atoms with Gasteiger partial charge in [0, 0.05) is 24.4 Å². The fraction of sp³-hybridized carbons (Fsp3) is 0.200. The lowest BCUT2D eigenvalue weighted by atomic mass is 9.96. The van der Waals surface area contributed by atoms with Crippen LogP contribution in [0.5, 0.6) is 0 Å².